The van der Waals surface area contributed by atoms with Gasteiger partial charge < -0.3 is 9.22 Å². The van der Waals surface area contributed by atoms with E-state index in [1.165, 1.54) is 23.8 Å². The summed E-state index contributed by atoms with van der Waals surface area (Å²) in [6, 6.07) is 17.3. The highest BCUT2D eigenvalue weighted by atomic mass is 19.2. The van der Waals surface area contributed by atoms with Crippen molar-refractivity contribution in [1.82, 2.24) is 0 Å². The predicted octanol–water partition coefficient (Wildman–Crippen LogP) is 6.24. The van der Waals surface area contributed by atoms with Crippen molar-refractivity contribution in [3.05, 3.63) is 101 Å². The van der Waals surface area contributed by atoms with Crippen molar-refractivity contribution in [2.75, 3.05) is 31.1 Å². The summed E-state index contributed by atoms with van der Waals surface area (Å²) in [7, 11) is 0. The highest BCUT2D eigenvalue weighted by Gasteiger charge is 2.47. The van der Waals surface area contributed by atoms with Crippen LogP contribution in [0.2, 0.25) is 0 Å². The van der Waals surface area contributed by atoms with Crippen molar-refractivity contribution >= 4 is 11.8 Å². The Balaban J connectivity index is 1.34. The number of carbonyl (C=O) groups excluding carboxylic acids is 1. The average Bonchev–Trinajstić information content (AvgIpc) is 2.90. The van der Waals surface area contributed by atoms with Crippen LogP contribution in [0.15, 0.2) is 66.7 Å². The van der Waals surface area contributed by atoms with E-state index in [0.29, 0.717) is 6.54 Å². The van der Waals surface area contributed by atoms with E-state index in [4.69, 9.17) is 4.74 Å². The van der Waals surface area contributed by atoms with E-state index in [9.17, 15) is 22.4 Å². The Labute approximate surface area is 213 Å². The van der Waals surface area contributed by atoms with Crippen LogP contribution >= 0.6 is 0 Å². The molecule has 6 rings (SSSR count). The first-order valence-corrected chi connectivity index (χ1v) is 12.6. The van der Waals surface area contributed by atoms with Crippen molar-refractivity contribution in [3.8, 4) is 0 Å². The van der Waals surface area contributed by atoms with Crippen molar-refractivity contribution in [2.24, 2.45) is 5.92 Å². The molecule has 0 aromatic heterocycles. The van der Waals surface area contributed by atoms with Gasteiger partial charge in [0, 0.05) is 25.2 Å². The third-order valence-electron chi connectivity index (χ3n) is 7.74. The van der Waals surface area contributed by atoms with Gasteiger partial charge in [0.15, 0.2) is 23.6 Å². The Morgan fingerprint density at radius 2 is 1.59 bits per heavy atom. The van der Waals surface area contributed by atoms with E-state index in [1.54, 1.807) is 0 Å². The largest absolute Gasteiger partial charge is 0.440 e. The third kappa shape index (κ3) is 5.64. The maximum absolute atomic E-state index is 14.0. The van der Waals surface area contributed by atoms with Gasteiger partial charge >= 0.3 is 6.09 Å². The monoisotopic (exact) mass is 513 g/mol. The van der Waals surface area contributed by atoms with Crippen molar-refractivity contribution in [2.45, 2.75) is 31.9 Å². The van der Waals surface area contributed by atoms with Crippen LogP contribution in [0, 0.1) is 29.2 Å². The van der Waals surface area contributed by atoms with Crippen LogP contribution < -0.4 is 4.90 Å². The Morgan fingerprint density at radius 3 is 2.27 bits per heavy atom. The lowest BCUT2D eigenvalue weighted by Gasteiger charge is -2.52. The van der Waals surface area contributed by atoms with Crippen molar-refractivity contribution in [3.63, 3.8) is 0 Å². The number of halogens is 4. The average molecular weight is 514 g/mol. The minimum absolute atomic E-state index is 0.0258. The number of nitrogens with zero attached hydrogens (tertiary/aromatic N) is 2. The Morgan fingerprint density at radius 1 is 0.892 bits per heavy atom. The van der Waals surface area contributed by atoms with E-state index >= 15 is 0 Å². The van der Waals surface area contributed by atoms with Crippen LogP contribution in [0.1, 0.15) is 24.0 Å². The molecule has 1 atom stereocenters. The van der Waals surface area contributed by atoms with Gasteiger partial charge in [0.25, 0.3) is 0 Å². The zero-order valence-corrected chi connectivity index (χ0v) is 20.4. The van der Waals surface area contributed by atoms with Crippen molar-refractivity contribution < 1.29 is 31.6 Å². The molecular formula is C29H29F4N2O2+. The summed E-state index contributed by atoms with van der Waals surface area (Å²) in [6.07, 6.45) is 1.78. The summed E-state index contributed by atoms with van der Waals surface area (Å²) in [6.45, 7) is 3.41. The molecule has 0 unspecified atom stereocenters. The molecule has 3 aromatic carbocycles. The standard InChI is InChI=1S/C29H29F4N2O2/c30-23-7-4-8-24(17-23)34(18-21-15-25(31)28(33)26(32)16-21)29(36)37-27-19-35(13-10-22(27)11-14-35)12-9-20-5-2-1-3-6-20/h1-8,15-17,22,27H,9-14,18-19H2/q+1/t22?,27-,35?/m0/s1. The molecule has 0 N–H and O–H groups in total. The maximum Gasteiger partial charge on any atom is 0.415 e. The first-order valence-electron chi connectivity index (χ1n) is 12.6. The molecule has 3 aliphatic rings. The van der Waals surface area contributed by atoms with E-state index in [2.05, 4.69) is 12.1 Å². The smallest absolute Gasteiger partial charge is 0.415 e. The second-order valence-electron chi connectivity index (χ2n) is 10.1. The normalized spacial score (nSPS) is 22.6. The van der Waals surface area contributed by atoms with Gasteiger partial charge in [0.05, 0.1) is 31.9 Å². The van der Waals surface area contributed by atoms with Gasteiger partial charge in [-0.05, 0) is 41.5 Å². The number of carbonyl (C=O) groups is 1. The SMILES string of the molecule is O=C(O[C@H]1C[N+]2(CCc3ccccc3)CCC1CC2)N(Cc1cc(F)c(F)c(F)c1)c1cccc(F)c1. The highest BCUT2D eigenvalue weighted by Crippen LogP contribution is 2.36. The summed E-state index contributed by atoms with van der Waals surface area (Å²) in [5.74, 6) is -4.63. The van der Waals surface area contributed by atoms with Gasteiger partial charge in [-0.3, -0.25) is 4.90 Å². The van der Waals surface area contributed by atoms with Crippen LogP contribution in [-0.4, -0.2) is 42.9 Å². The fourth-order valence-corrected chi connectivity index (χ4v) is 5.66. The molecule has 3 saturated heterocycles. The second-order valence-corrected chi connectivity index (χ2v) is 10.1. The fourth-order valence-electron chi connectivity index (χ4n) is 5.66. The number of hydrogen-bond donors (Lipinski definition) is 0. The molecule has 1 amide bonds. The van der Waals surface area contributed by atoms with Gasteiger partial charge in [0.1, 0.15) is 12.4 Å². The number of hydrogen-bond acceptors (Lipinski definition) is 2. The zero-order chi connectivity index (χ0) is 26.0. The molecule has 0 aliphatic carbocycles. The molecule has 0 saturated carbocycles. The summed E-state index contributed by atoms with van der Waals surface area (Å²) in [4.78, 5) is 14.6. The minimum Gasteiger partial charge on any atom is -0.440 e. The molecule has 194 valence electrons. The molecular weight excluding hydrogens is 484 g/mol. The van der Waals surface area contributed by atoms with Crippen LogP contribution in [-0.2, 0) is 17.7 Å². The Hall–Kier alpha value is -3.39. The zero-order valence-electron chi connectivity index (χ0n) is 20.4. The van der Waals surface area contributed by atoms with Gasteiger partial charge in [-0.1, -0.05) is 36.4 Å². The quantitative estimate of drug-likeness (QED) is 0.213. The lowest BCUT2D eigenvalue weighted by atomic mass is 9.83. The number of rotatable bonds is 7. The molecule has 0 radical (unpaired) electrons. The third-order valence-corrected chi connectivity index (χ3v) is 7.74. The highest BCUT2D eigenvalue weighted by molar-refractivity contribution is 5.87. The van der Waals surface area contributed by atoms with Crippen LogP contribution in [0.5, 0.6) is 0 Å². The van der Waals surface area contributed by atoms with Gasteiger partial charge in [-0.25, -0.2) is 22.4 Å². The molecule has 3 aliphatic heterocycles. The molecule has 3 fully saturated rings. The number of piperidine rings is 3. The summed E-state index contributed by atoms with van der Waals surface area (Å²) in [5.41, 5.74) is 1.48. The number of quaternary nitrogens is 1. The number of amides is 1. The van der Waals surface area contributed by atoms with Crippen LogP contribution in [0.3, 0.4) is 0 Å². The van der Waals surface area contributed by atoms with Gasteiger partial charge in [0.2, 0.25) is 0 Å². The number of benzene rings is 3. The molecule has 4 nitrogen and oxygen atoms in total. The van der Waals surface area contributed by atoms with Crippen LogP contribution in [0.25, 0.3) is 0 Å². The van der Waals surface area contributed by atoms with Crippen LogP contribution in [0.4, 0.5) is 28.0 Å². The van der Waals surface area contributed by atoms with E-state index in [1.807, 2.05) is 18.2 Å². The first-order chi connectivity index (χ1) is 17.8. The predicted molar refractivity (Wildman–Crippen MR) is 132 cm³/mol. The molecule has 8 heteroatoms. The number of ether oxygens (including phenoxy) is 1. The summed E-state index contributed by atoms with van der Waals surface area (Å²) >= 11 is 0. The maximum atomic E-state index is 14.0. The summed E-state index contributed by atoms with van der Waals surface area (Å²) in [5, 5.41) is 0. The second kappa shape index (κ2) is 10.5. The fraction of sp³-hybridized carbons (Fsp3) is 0.345. The summed E-state index contributed by atoms with van der Waals surface area (Å²) < 4.78 is 62.1. The van der Waals surface area contributed by atoms with E-state index < -0.39 is 29.4 Å². The minimum atomic E-state index is -1.58. The van der Waals surface area contributed by atoms with Crippen molar-refractivity contribution in [1.29, 1.82) is 0 Å². The number of fused-ring (bicyclic) bond motifs is 3. The van der Waals surface area contributed by atoms with Gasteiger partial charge in [-0.2, -0.15) is 0 Å². The first kappa shape index (κ1) is 25.3. The van der Waals surface area contributed by atoms with E-state index in [0.717, 1.165) is 66.5 Å². The topological polar surface area (TPSA) is 29.5 Å². The molecule has 0 spiro atoms. The number of anilines is 1. The van der Waals surface area contributed by atoms with E-state index in [-0.39, 0.29) is 29.8 Å². The Kier molecular flexibility index (Phi) is 7.20. The molecule has 3 heterocycles. The molecule has 2 bridgehead atoms. The molecule has 3 aromatic rings. The lowest BCUT2D eigenvalue weighted by molar-refractivity contribution is -0.945. The molecule has 37 heavy (non-hydrogen) atoms. The lowest BCUT2D eigenvalue weighted by Crippen LogP contribution is -2.65. The van der Waals surface area contributed by atoms with Gasteiger partial charge in [-0.15, -0.1) is 0 Å². The Bertz CT molecular complexity index is 1240.